The van der Waals surface area contributed by atoms with Crippen LogP contribution in [0.1, 0.15) is 34.4 Å². The molecule has 8 heteroatoms. The summed E-state index contributed by atoms with van der Waals surface area (Å²) in [5.41, 5.74) is 2.17. The van der Waals surface area contributed by atoms with Crippen LogP contribution in [0.25, 0.3) is 0 Å². The van der Waals surface area contributed by atoms with E-state index in [2.05, 4.69) is 0 Å². The molecule has 0 aliphatic carbocycles. The molecule has 2 aromatic rings. The Kier molecular flexibility index (Phi) is 7.09. The quantitative estimate of drug-likeness (QED) is 0.721. The Labute approximate surface area is 173 Å². The van der Waals surface area contributed by atoms with Gasteiger partial charge in [-0.2, -0.15) is 0 Å². The van der Waals surface area contributed by atoms with Gasteiger partial charge in [0.25, 0.3) is 5.91 Å². The van der Waals surface area contributed by atoms with Crippen LogP contribution >= 0.6 is 0 Å². The number of piperazine rings is 1. The monoisotopic (exact) mass is 418 g/mol. The number of aryl methyl sites for hydroxylation is 1. The zero-order valence-corrected chi connectivity index (χ0v) is 17.6. The van der Waals surface area contributed by atoms with Crippen molar-refractivity contribution in [3.05, 3.63) is 59.0 Å². The van der Waals surface area contributed by atoms with Crippen molar-refractivity contribution in [2.45, 2.75) is 25.4 Å². The van der Waals surface area contributed by atoms with Crippen LogP contribution in [0, 0.1) is 6.92 Å². The van der Waals surface area contributed by atoms with Crippen LogP contribution in [-0.4, -0.2) is 58.8 Å². The lowest BCUT2D eigenvalue weighted by Gasteiger charge is -2.33. The second-order valence-corrected chi connectivity index (χ2v) is 8.42. The number of ether oxygens (including phenoxy) is 1. The van der Waals surface area contributed by atoms with Gasteiger partial charge in [-0.05, 0) is 31.5 Å². The molecule has 2 amide bonds. The van der Waals surface area contributed by atoms with Gasteiger partial charge in [0.15, 0.2) is 5.76 Å². The predicted molar refractivity (Wildman–Crippen MR) is 110 cm³/mol. The fourth-order valence-electron chi connectivity index (χ4n) is 3.11. The van der Waals surface area contributed by atoms with E-state index in [1.165, 1.54) is 0 Å². The Bertz CT molecular complexity index is 869. The van der Waals surface area contributed by atoms with E-state index < -0.39 is 10.8 Å². The summed E-state index contributed by atoms with van der Waals surface area (Å²) in [6, 6.07) is 11.3. The van der Waals surface area contributed by atoms with Crippen molar-refractivity contribution in [3.63, 3.8) is 0 Å². The molecule has 0 saturated carbocycles. The lowest BCUT2D eigenvalue weighted by atomic mass is 10.2. The molecule has 1 aromatic carbocycles. The summed E-state index contributed by atoms with van der Waals surface area (Å²) >= 11 is 0. The normalized spacial score (nSPS) is 15.2. The molecule has 0 N–H and O–H groups in total. The van der Waals surface area contributed by atoms with Crippen LogP contribution in [0.5, 0.6) is 0 Å². The summed E-state index contributed by atoms with van der Waals surface area (Å²) in [7, 11) is -1.12. The molecule has 0 spiro atoms. The molecule has 1 aliphatic heterocycles. The summed E-state index contributed by atoms with van der Waals surface area (Å²) in [5.74, 6) is 1.25. The van der Waals surface area contributed by atoms with Crippen molar-refractivity contribution in [3.8, 4) is 0 Å². The number of nitrogens with zero attached hydrogens (tertiary/aromatic N) is 2. The molecule has 29 heavy (non-hydrogen) atoms. The van der Waals surface area contributed by atoms with Crippen LogP contribution in [0.4, 0.5) is 4.79 Å². The second-order valence-electron chi connectivity index (χ2n) is 6.96. The van der Waals surface area contributed by atoms with Crippen molar-refractivity contribution < 1.29 is 23.0 Å². The highest BCUT2D eigenvalue weighted by Gasteiger charge is 2.27. The Morgan fingerprint density at radius 3 is 2.31 bits per heavy atom. The number of furan rings is 1. The molecule has 0 unspecified atom stereocenters. The molecule has 7 nitrogen and oxygen atoms in total. The van der Waals surface area contributed by atoms with Crippen molar-refractivity contribution >= 4 is 22.8 Å². The third-order valence-electron chi connectivity index (χ3n) is 4.72. The molecule has 0 radical (unpaired) electrons. The maximum atomic E-state index is 12.6. The van der Waals surface area contributed by atoms with Crippen LogP contribution < -0.4 is 0 Å². The Morgan fingerprint density at radius 1 is 1.00 bits per heavy atom. The molecule has 1 aliphatic rings. The minimum absolute atomic E-state index is 0.218. The van der Waals surface area contributed by atoms with Gasteiger partial charge in [0.05, 0.1) is 12.4 Å². The van der Waals surface area contributed by atoms with E-state index in [-0.39, 0.29) is 23.5 Å². The molecule has 0 bridgehead atoms. The van der Waals surface area contributed by atoms with Gasteiger partial charge in [0.2, 0.25) is 0 Å². The topological polar surface area (TPSA) is 80.1 Å². The smallest absolute Gasteiger partial charge is 0.409 e. The summed E-state index contributed by atoms with van der Waals surface area (Å²) in [6.07, 6.45) is -0.351. The van der Waals surface area contributed by atoms with Gasteiger partial charge in [-0.25, -0.2) is 4.79 Å². The SMILES string of the molecule is CCOC(=O)N1CCN(C(=O)c2ccc(C[S@@](=O)Cc3ccc(C)cc3)o2)CC1. The highest BCUT2D eigenvalue weighted by molar-refractivity contribution is 7.83. The number of rotatable bonds is 6. The van der Waals surface area contributed by atoms with Crippen LogP contribution in [0.3, 0.4) is 0 Å². The van der Waals surface area contributed by atoms with E-state index in [4.69, 9.17) is 9.15 Å². The van der Waals surface area contributed by atoms with Gasteiger partial charge in [-0.1, -0.05) is 29.8 Å². The molecule has 1 fully saturated rings. The van der Waals surface area contributed by atoms with Crippen LogP contribution in [0.15, 0.2) is 40.8 Å². The summed E-state index contributed by atoms with van der Waals surface area (Å²) in [6.45, 7) is 5.81. The van der Waals surface area contributed by atoms with Crippen molar-refractivity contribution in [2.24, 2.45) is 0 Å². The number of benzene rings is 1. The standard InChI is InChI=1S/C21H26N2O5S/c1-3-27-21(25)23-12-10-22(11-13-23)20(24)19-9-8-18(28-19)15-29(26)14-17-6-4-16(2)5-7-17/h4-9H,3,10-15H2,1-2H3/t29-/m0/s1. The average molecular weight is 419 g/mol. The van der Waals surface area contributed by atoms with Gasteiger partial charge in [-0.15, -0.1) is 0 Å². The Hall–Kier alpha value is -2.61. The first-order chi connectivity index (χ1) is 14.0. The third kappa shape index (κ3) is 5.69. The molecular formula is C21H26N2O5S. The predicted octanol–water partition coefficient (Wildman–Crippen LogP) is 2.95. The number of carbonyl (C=O) groups excluding carboxylic acids is 2. The Morgan fingerprint density at radius 2 is 1.66 bits per heavy atom. The maximum Gasteiger partial charge on any atom is 0.409 e. The second kappa shape index (κ2) is 9.73. The number of hydrogen-bond acceptors (Lipinski definition) is 5. The lowest BCUT2D eigenvalue weighted by molar-refractivity contribution is 0.0545. The van der Waals surface area contributed by atoms with E-state index in [1.54, 1.807) is 28.9 Å². The maximum absolute atomic E-state index is 12.6. The average Bonchev–Trinajstić information content (AvgIpc) is 3.18. The first-order valence-electron chi connectivity index (χ1n) is 9.66. The molecule has 1 saturated heterocycles. The highest BCUT2D eigenvalue weighted by Crippen LogP contribution is 2.16. The van der Waals surface area contributed by atoms with Crippen molar-refractivity contribution in [2.75, 3.05) is 32.8 Å². The van der Waals surface area contributed by atoms with Crippen molar-refractivity contribution in [1.82, 2.24) is 9.80 Å². The first-order valence-corrected chi connectivity index (χ1v) is 11.1. The third-order valence-corrected chi connectivity index (χ3v) is 5.98. The summed E-state index contributed by atoms with van der Waals surface area (Å²) in [5, 5.41) is 0. The molecule has 2 heterocycles. The van der Waals surface area contributed by atoms with E-state index in [1.807, 2.05) is 31.2 Å². The van der Waals surface area contributed by atoms with Gasteiger partial charge in [0.1, 0.15) is 5.76 Å². The van der Waals surface area contributed by atoms with Gasteiger partial charge < -0.3 is 19.0 Å². The largest absolute Gasteiger partial charge is 0.455 e. The van der Waals surface area contributed by atoms with Crippen LogP contribution in [-0.2, 0) is 27.0 Å². The molecule has 3 rings (SSSR count). The number of carbonyl (C=O) groups is 2. The van der Waals surface area contributed by atoms with E-state index in [0.717, 1.165) is 11.1 Å². The van der Waals surface area contributed by atoms with Crippen molar-refractivity contribution in [1.29, 1.82) is 0 Å². The minimum atomic E-state index is -1.12. The van der Waals surface area contributed by atoms with E-state index in [9.17, 15) is 13.8 Å². The summed E-state index contributed by atoms with van der Waals surface area (Å²) in [4.78, 5) is 27.6. The van der Waals surface area contributed by atoms with E-state index >= 15 is 0 Å². The molecule has 156 valence electrons. The fourth-order valence-corrected chi connectivity index (χ4v) is 4.25. The zero-order valence-electron chi connectivity index (χ0n) is 16.8. The number of amides is 2. The van der Waals surface area contributed by atoms with Gasteiger partial charge >= 0.3 is 6.09 Å². The first kappa shape index (κ1) is 21.1. The number of hydrogen-bond donors (Lipinski definition) is 0. The molecular weight excluding hydrogens is 392 g/mol. The highest BCUT2D eigenvalue weighted by atomic mass is 32.2. The molecule has 1 aromatic heterocycles. The summed E-state index contributed by atoms with van der Waals surface area (Å²) < 4.78 is 23.0. The lowest BCUT2D eigenvalue weighted by Crippen LogP contribution is -2.50. The van der Waals surface area contributed by atoms with Gasteiger partial charge in [0, 0.05) is 42.7 Å². The van der Waals surface area contributed by atoms with Gasteiger partial charge in [-0.3, -0.25) is 9.00 Å². The van der Waals surface area contributed by atoms with Crippen LogP contribution in [0.2, 0.25) is 0 Å². The Balaban J connectivity index is 1.51. The van der Waals surface area contributed by atoms with E-state index in [0.29, 0.717) is 44.3 Å². The fraction of sp³-hybridized carbons (Fsp3) is 0.429. The molecule has 1 atom stereocenters. The zero-order chi connectivity index (χ0) is 20.8. The minimum Gasteiger partial charge on any atom is -0.455 e.